The van der Waals surface area contributed by atoms with Crippen molar-refractivity contribution in [2.24, 2.45) is 0 Å². The molecule has 0 heterocycles. The predicted octanol–water partition coefficient (Wildman–Crippen LogP) is 6.29. The van der Waals surface area contributed by atoms with Crippen molar-refractivity contribution in [3.8, 4) is 0 Å². The van der Waals surface area contributed by atoms with Crippen LogP contribution in [-0.4, -0.2) is 5.78 Å². The van der Waals surface area contributed by atoms with Gasteiger partial charge in [0.15, 0.2) is 0 Å². The van der Waals surface area contributed by atoms with Gasteiger partial charge in [-0.1, -0.05) is 47.5 Å². The number of ketones is 1. The number of benzene rings is 3. The van der Waals surface area contributed by atoms with Crippen LogP contribution < -0.4 is 4.90 Å². The van der Waals surface area contributed by atoms with Gasteiger partial charge in [-0.2, -0.15) is 0 Å². The van der Waals surface area contributed by atoms with E-state index < -0.39 is 0 Å². The van der Waals surface area contributed by atoms with Crippen LogP contribution in [0.3, 0.4) is 0 Å². The molecule has 0 saturated carbocycles. The lowest BCUT2D eigenvalue weighted by atomic mass is 10.1. The lowest BCUT2D eigenvalue weighted by molar-refractivity contribution is -0.116. The zero-order valence-corrected chi connectivity index (χ0v) is 15.7. The van der Waals surface area contributed by atoms with Gasteiger partial charge in [0.05, 0.1) is 0 Å². The smallest absolute Gasteiger partial charge is 0.130 e. The summed E-state index contributed by atoms with van der Waals surface area (Å²) in [5, 5.41) is 0. The van der Waals surface area contributed by atoms with E-state index in [1.165, 1.54) is 16.7 Å². The van der Waals surface area contributed by atoms with E-state index in [2.05, 4.69) is 91.5 Å². The maximum Gasteiger partial charge on any atom is 0.130 e. The quantitative estimate of drug-likeness (QED) is 0.524. The Morgan fingerprint density at radius 2 is 1.08 bits per heavy atom. The van der Waals surface area contributed by atoms with Crippen LogP contribution in [0.2, 0.25) is 0 Å². The van der Waals surface area contributed by atoms with Gasteiger partial charge in [-0.15, -0.1) is 0 Å². The van der Waals surface area contributed by atoms with E-state index in [-0.39, 0.29) is 5.78 Å². The van der Waals surface area contributed by atoms with E-state index >= 15 is 0 Å². The molecule has 132 valence electrons. The number of anilines is 3. The van der Waals surface area contributed by atoms with Crippen molar-refractivity contribution in [3.63, 3.8) is 0 Å². The molecule has 0 amide bonds. The van der Waals surface area contributed by atoms with Crippen molar-refractivity contribution in [3.05, 3.63) is 89.5 Å². The SMILES string of the molecule is CC(=O)CCc1ccc(N(c2ccc(C)cc2)c2ccc(C)cc2)cc1. The maximum atomic E-state index is 11.2. The summed E-state index contributed by atoms with van der Waals surface area (Å²) in [4.78, 5) is 13.5. The molecule has 3 aromatic rings. The van der Waals surface area contributed by atoms with Crippen LogP contribution in [0.25, 0.3) is 0 Å². The molecule has 0 unspecified atom stereocenters. The zero-order valence-electron chi connectivity index (χ0n) is 15.7. The number of aryl methyl sites for hydroxylation is 3. The molecule has 2 heteroatoms. The van der Waals surface area contributed by atoms with Crippen molar-refractivity contribution in [1.29, 1.82) is 0 Å². The van der Waals surface area contributed by atoms with Crippen molar-refractivity contribution in [2.75, 3.05) is 4.90 Å². The fraction of sp³-hybridized carbons (Fsp3) is 0.208. The minimum atomic E-state index is 0.231. The summed E-state index contributed by atoms with van der Waals surface area (Å²) in [6.45, 7) is 5.85. The summed E-state index contributed by atoms with van der Waals surface area (Å²) in [5.74, 6) is 0.231. The summed E-state index contributed by atoms with van der Waals surface area (Å²) in [5.41, 5.74) is 7.07. The number of nitrogens with zero attached hydrogens (tertiary/aromatic N) is 1. The summed E-state index contributed by atoms with van der Waals surface area (Å²) in [7, 11) is 0. The first-order chi connectivity index (χ1) is 12.5. The van der Waals surface area contributed by atoms with E-state index in [9.17, 15) is 4.79 Å². The second kappa shape index (κ2) is 8.01. The molecule has 0 aliphatic heterocycles. The molecule has 0 aliphatic carbocycles. The lowest BCUT2D eigenvalue weighted by Crippen LogP contribution is -2.10. The molecule has 0 bridgehead atoms. The zero-order chi connectivity index (χ0) is 18.5. The Morgan fingerprint density at radius 3 is 1.46 bits per heavy atom. The maximum absolute atomic E-state index is 11.2. The molecule has 0 aromatic heterocycles. The molecular weight excluding hydrogens is 318 g/mol. The first-order valence-electron chi connectivity index (χ1n) is 9.05. The summed E-state index contributed by atoms with van der Waals surface area (Å²) in [6, 6.07) is 25.7. The Morgan fingerprint density at radius 1 is 0.692 bits per heavy atom. The van der Waals surface area contributed by atoms with E-state index in [4.69, 9.17) is 0 Å². The molecule has 0 fully saturated rings. The Kier molecular flexibility index (Phi) is 5.52. The van der Waals surface area contributed by atoms with E-state index in [1.54, 1.807) is 6.92 Å². The van der Waals surface area contributed by atoms with E-state index in [1.807, 2.05) is 0 Å². The Labute approximate surface area is 156 Å². The van der Waals surface area contributed by atoms with Crippen molar-refractivity contribution >= 4 is 22.8 Å². The number of Topliss-reactive ketones (excluding diaryl/α,β-unsaturated/α-hetero) is 1. The molecule has 26 heavy (non-hydrogen) atoms. The van der Waals surface area contributed by atoms with Gasteiger partial charge in [0.2, 0.25) is 0 Å². The molecule has 2 nitrogen and oxygen atoms in total. The predicted molar refractivity (Wildman–Crippen MR) is 110 cm³/mol. The van der Waals surface area contributed by atoms with Crippen molar-refractivity contribution in [2.45, 2.75) is 33.6 Å². The second-order valence-corrected chi connectivity index (χ2v) is 6.87. The van der Waals surface area contributed by atoms with Crippen LogP contribution in [0.4, 0.5) is 17.1 Å². The second-order valence-electron chi connectivity index (χ2n) is 6.87. The van der Waals surface area contributed by atoms with Gasteiger partial charge in [-0.3, -0.25) is 0 Å². The number of carbonyl (C=O) groups excluding carboxylic acids is 1. The van der Waals surface area contributed by atoms with Crippen LogP contribution in [0.5, 0.6) is 0 Å². The fourth-order valence-electron chi connectivity index (χ4n) is 2.97. The van der Waals surface area contributed by atoms with Crippen LogP contribution in [0, 0.1) is 13.8 Å². The summed E-state index contributed by atoms with van der Waals surface area (Å²) in [6.07, 6.45) is 1.39. The number of rotatable bonds is 6. The normalized spacial score (nSPS) is 10.6. The molecule has 0 atom stereocenters. The van der Waals surface area contributed by atoms with Gasteiger partial charge < -0.3 is 9.69 Å². The minimum Gasteiger partial charge on any atom is -0.311 e. The van der Waals surface area contributed by atoms with Gasteiger partial charge in [-0.25, -0.2) is 0 Å². The van der Waals surface area contributed by atoms with Crippen LogP contribution in [-0.2, 0) is 11.2 Å². The van der Waals surface area contributed by atoms with Gasteiger partial charge in [-0.05, 0) is 69.2 Å². The topological polar surface area (TPSA) is 20.3 Å². The number of hydrogen-bond donors (Lipinski definition) is 0. The van der Waals surface area contributed by atoms with Crippen LogP contribution >= 0.6 is 0 Å². The minimum absolute atomic E-state index is 0.231. The van der Waals surface area contributed by atoms with Gasteiger partial charge in [0.25, 0.3) is 0 Å². The van der Waals surface area contributed by atoms with Crippen LogP contribution in [0.15, 0.2) is 72.8 Å². The van der Waals surface area contributed by atoms with Gasteiger partial charge in [0.1, 0.15) is 5.78 Å². The highest BCUT2D eigenvalue weighted by Gasteiger charge is 2.12. The van der Waals surface area contributed by atoms with Gasteiger partial charge in [0, 0.05) is 23.5 Å². The highest BCUT2D eigenvalue weighted by Crippen LogP contribution is 2.34. The Hall–Kier alpha value is -2.87. The molecule has 3 aromatic carbocycles. The van der Waals surface area contributed by atoms with Crippen molar-refractivity contribution in [1.82, 2.24) is 0 Å². The average molecular weight is 343 g/mol. The Balaban J connectivity index is 1.96. The summed E-state index contributed by atoms with van der Waals surface area (Å²) >= 11 is 0. The highest BCUT2D eigenvalue weighted by atomic mass is 16.1. The third kappa shape index (κ3) is 4.40. The Bertz CT molecular complexity index is 816. The first-order valence-corrected chi connectivity index (χ1v) is 9.05. The average Bonchev–Trinajstić information content (AvgIpc) is 2.64. The van der Waals surface area contributed by atoms with Crippen molar-refractivity contribution < 1.29 is 4.79 Å². The molecule has 3 rings (SSSR count). The number of hydrogen-bond acceptors (Lipinski definition) is 2. The molecular formula is C24H25NO. The van der Waals surface area contributed by atoms with Gasteiger partial charge >= 0.3 is 0 Å². The molecule has 0 radical (unpaired) electrons. The number of carbonyl (C=O) groups is 1. The third-order valence-electron chi connectivity index (χ3n) is 4.54. The first kappa shape index (κ1) is 17.9. The molecule has 0 spiro atoms. The molecule has 0 aliphatic rings. The van der Waals surface area contributed by atoms with E-state index in [0.717, 1.165) is 23.5 Å². The molecule has 0 saturated heterocycles. The third-order valence-corrected chi connectivity index (χ3v) is 4.54. The van der Waals surface area contributed by atoms with E-state index in [0.29, 0.717) is 6.42 Å². The largest absolute Gasteiger partial charge is 0.311 e. The highest BCUT2D eigenvalue weighted by molar-refractivity contribution is 5.77. The lowest BCUT2D eigenvalue weighted by Gasteiger charge is -2.26. The fourth-order valence-corrected chi connectivity index (χ4v) is 2.97. The van der Waals surface area contributed by atoms with Crippen LogP contribution in [0.1, 0.15) is 30.0 Å². The monoisotopic (exact) mass is 343 g/mol. The molecule has 0 N–H and O–H groups in total. The standard InChI is InChI=1S/C24H25NO/c1-18-4-12-22(13-5-18)25(23-14-6-19(2)7-15-23)24-16-10-21(11-17-24)9-8-20(3)26/h4-7,10-17H,8-9H2,1-3H3. The summed E-state index contributed by atoms with van der Waals surface area (Å²) < 4.78 is 0.